The summed E-state index contributed by atoms with van der Waals surface area (Å²) in [7, 11) is 1.67. The van der Waals surface area contributed by atoms with Gasteiger partial charge in [0, 0.05) is 30.8 Å². The second kappa shape index (κ2) is 7.67. The van der Waals surface area contributed by atoms with E-state index in [4.69, 9.17) is 9.47 Å². The summed E-state index contributed by atoms with van der Waals surface area (Å²) in [6.45, 7) is 5.08. The first-order valence-corrected chi connectivity index (χ1v) is 6.80. The molecule has 5 nitrogen and oxygen atoms in total. The van der Waals surface area contributed by atoms with Crippen LogP contribution in [-0.2, 0) is 11.3 Å². The van der Waals surface area contributed by atoms with E-state index < -0.39 is 0 Å². The number of rotatable bonds is 8. The Balaban J connectivity index is 1.96. The van der Waals surface area contributed by atoms with Gasteiger partial charge in [-0.05, 0) is 31.2 Å². The fourth-order valence-electron chi connectivity index (χ4n) is 1.96. The minimum absolute atomic E-state index is 0.728. The highest BCUT2D eigenvalue weighted by Crippen LogP contribution is 2.23. The Morgan fingerprint density at radius 3 is 2.75 bits per heavy atom. The molecule has 1 aromatic carbocycles. The minimum atomic E-state index is 0.728. The van der Waals surface area contributed by atoms with Crippen LogP contribution >= 0.6 is 0 Å². The van der Waals surface area contributed by atoms with Crippen LogP contribution in [0.4, 0.5) is 0 Å². The van der Waals surface area contributed by atoms with Crippen molar-refractivity contribution in [2.75, 3.05) is 26.9 Å². The fourth-order valence-corrected chi connectivity index (χ4v) is 1.96. The first-order valence-electron chi connectivity index (χ1n) is 6.80. The zero-order chi connectivity index (χ0) is 14.2. The van der Waals surface area contributed by atoms with E-state index >= 15 is 0 Å². The summed E-state index contributed by atoms with van der Waals surface area (Å²) in [5.74, 6) is 0.852. The molecule has 1 heterocycles. The number of hydrogen-bond donors (Lipinski definition) is 2. The average Bonchev–Trinajstić information content (AvgIpc) is 2.95. The molecule has 0 saturated carbocycles. The van der Waals surface area contributed by atoms with Crippen molar-refractivity contribution in [2.24, 2.45) is 0 Å². The molecule has 2 aromatic rings. The van der Waals surface area contributed by atoms with Gasteiger partial charge in [-0.1, -0.05) is 0 Å². The van der Waals surface area contributed by atoms with Gasteiger partial charge in [0.2, 0.25) is 0 Å². The van der Waals surface area contributed by atoms with Gasteiger partial charge < -0.3 is 14.8 Å². The maximum absolute atomic E-state index is 5.29. The lowest BCUT2D eigenvalue weighted by Gasteiger charge is -2.06. The van der Waals surface area contributed by atoms with Crippen LogP contribution in [0.1, 0.15) is 12.5 Å². The number of aromatic amines is 1. The van der Waals surface area contributed by atoms with Crippen LogP contribution in [0.25, 0.3) is 11.3 Å². The molecule has 0 fully saturated rings. The van der Waals surface area contributed by atoms with E-state index in [0.717, 1.165) is 48.9 Å². The number of hydrogen-bond acceptors (Lipinski definition) is 4. The summed E-state index contributed by atoms with van der Waals surface area (Å²) < 4.78 is 10.5. The number of aromatic nitrogens is 2. The highest BCUT2D eigenvalue weighted by Gasteiger charge is 2.07. The molecule has 2 rings (SSSR count). The molecule has 2 N–H and O–H groups in total. The van der Waals surface area contributed by atoms with Gasteiger partial charge in [0.05, 0.1) is 25.6 Å². The third-order valence-corrected chi connectivity index (χ3v) is 3.04. The van der Waals surface area contributed by atoms with Gasteiger partial charge in [-0.25, -0.2) is 0 Å². The monoisotopic (exact) mass is 275 g/mol. The van der Waals surface area contributed by atoms with Crippen molar-refractivity contribution in [1.29, 1.82) is 0 Å². The zero-order valence-corrected chi connectivity index (χ0v) is 12.0. The van der Waals surface area contributed by atoms with Crippen molar-refractivity contribution in [1.82, 2.24) is 15.5 Å². The molecular formula is C15H21N3O2. The van der Waals surface area contributed by atoms with Crippen molar-refractivity contribution >= 4 is 0 Å². The summed E-state index contributed by atoms with van der Waals surface area (Å²) in [6, 6.07) is 7.94. The zero-order valence-electron chi connectivity index (χ0n) is 12.0. The Hall–Kier alpha value is -1.85. The highest BCUT2D eigenvalue weighted by atomic mass is 16.5. The van der Waals surface area contributed by atoms with Gasteiger partial charge in [0.1, 0.15) is 5.75 Å². The van der Waals surface area contributed by atoms with E-state index in [1.807, 2.05) is 37.4 Å². The van der Waals surface area contributed by atoms with E-state index in [1.54, 1.807) is 7.11 Å². The molecular weight excluding hydrogens is 254 g/mol. The highest BCUT2D eigenvalue weighted by molar-refractivity contribution is 5.63. The van der Waals surface area contributed by atoms with Gasteiger partial charge >= 0.3 is 0 Å². The van der Waals surface area contributed by atoms with Crippen LogP contribution in [0.3, 0.4) is 0 Å². The third kappa shape index (κ3) is 3.82. The van der Waals surface area contributed by atoms with E-state index in [2.05, 4.69) is 15.5 Å². The van der Waals surface area contributed by atoms with Gasteiger partial charge in [0.15, 0.2) is 0 Å². The number of H-pyrrole nitrogens is 1. The Bertz CT molecular complexity index is 508. The van der Waals surface area contributed by atoms with Gasteiger partial charge in [0.25, 0.3) is 0 Å². The lowest BCUT2D eigenvalue weighted by atomic mass is 10.1. The summed E-state index contributed by atoms with van der Waals surface area (Å²) in [6.07, 6.45) is 1.85. The second-order valence-electron chi connectivity index (χ2n) is 4.37. The number of nitrogens with zero attached hydrogens (tertiary/aromatic N) is 1. The van der Waals surface area contributed by atoms with Crippen LogP contribution < -0.4 is 10.1 Å². The van der Waals surface area contributed by atoms with Crippen LogP contribution in [0.2, 0.25) is 0 Å². The molecule has 0 unspecified atom stereocenters. The number of nitrogens with one attached hydrogen (secondary N) is 2. The lowest BCUT2D eigenvalue weighted by Crippen LogP contribution is -2.19. The number of ether oxygens (including phenoxy) is 2. The van der Waals surface area contributed by atoms with Crippen LogP contribution in [0.15, 0.2) is 30.5 Å². The number of methoxy groups -OCH3 is 1. The summed E-state index contributed by atoms with van der Waals surface area (Å²) in [5.41, 5.74) is 3.29. The van der Waals surface area contributed by atoms with E-state index in [1.165, 1.54) is 0 Å². The predicted molar refractivity (Wildman–Crippen MR) is 78.8 cm³/mol. The first kappa shape index (κ1) is 14.6. The Morgan fingerprint density at radius 1 is 1.25 bits per heavy atom. The number of benzene rings is 1. The Kier molecular flexibility index (Phi) is 5.58. The molecule has 0 radical (unpaired) electrons. The lowest BCUT2D eigenvalue weighted by molar-refractivity contribution is 0.149. The summed E-state index contributed by atoms with van der Waals surface area (Å²) in [4.78, 5) is 0. The molecule has 0 saturated heterocycles. The molecule has 0 spiro atoms. The van der Waals surface area contributed by atoms with Crippen molar-refractivity contribution in [3.05, 3.63) is 36.0 Å². The SMILES string of the molecule is CCOCCNCc1cn[nH]c1-c1ccc(OC)cc1. The van der Waals surface area contributed by atoms with E-state index in [-0.39, 0.29) is 0 Å². The summed E-state index contributed by atoms with van der Waals surface area (Å²) >= 11 is 0. The molecule has 5 heteroatoms. The van der Waals surface area contributed by atoms with E-state index in [0.29, 0.717) is 0 Å². The van der Waals surface area contributed by atoms with Crippen LogP contribution in [-0.4, -0.2) is 37.1 Å². The molecule has 0 bridgehead atoms. The maximum atomic E-state index is 5.29. The molecule has 1 aromatic heterocycles. The molecule has 0 atom stereocenters. The molecule has 20 heavy (non-hydrogen) atoms. The van der Waals surface area contributed by atoms with E-state index in [9.17, 15) is 0 Å². The first-order chi connectivity index (χ1) is 9.85. The Labute approximate surface area is 119 Å². The molecule has 0 aliphatic carbocycles. The largest absolute Gasteiger partial charge is 0.497 e. The van der Waals surface area contributed by atoms with Gasteiger partial charge in [-0.2, -0.15) is 5.10 Å². The van der Waals surface area contributed by atoms with Crippen molar-refractivity contribution in [2.45, 2.75) is 13.5 Å². The molecule has 0 aliphatic heterocycles. The molecule has 0 aliphatic rings. The van der Waals surface area contributed by atoms with Crippen LogP contribution in [0, 0.1) is 0 Å². The quantitative estimate of drug-likeness (QED) is 0.725. The van der Waals surface area contributed by atoms with Crippen molar-refractivity contribution in [3.63, 3.8) is 0 Å². The minimum Gasteiger partial charge on any atom is -0.497 e. The fraction of sp³-hybridized carbons (Fsp3) is 0.400. The van der Waals surface area contributed by atoms with Gasteiger partial charge in [-0.3, -0.25) is 5.10 Å². The second-order valence-corrected chi connectivity index (χ2v) is 4.37. The molecule has 108 valence electrons. The van der Waals surface area contributed by atoms with Crippen molar-refractivity contribution < 1.29 is 9.47 Å². The maximum Gasteiger partial charge on any atom is 0.118 e. The average molecular weight is 275 g/mol. The third-order valence-electron chi connectivity index (χ3n) is 3.04. The van der Waals surface area contributed by atoms with Crippen LogP contribution in [0.5, 0.6) is 5.75 Å². The molecule has 0 amide bonds. The Morgan fingerprint density at radius 2 is 2.05 bits per heavy atom. The topological polar surface area (TPSA) is 59.2 Å². The standard InChI is InChI=1S/C15H21N3O2/c1-3-20-9-8-16-10-13-11-17-18-15(13)12-4-6-14(19-2)7-5-12/h4-7,11,16H,3,8-10H2,1-2H3,(H,17,18). The predicted octanol–water partition coefficient (Wildman–Crippen LogP) is 2.21. The normalized spacial score (nSPS) is 10.7. The smallest absolute Gasteiger partial charge is 0.118 e. The van der Waals surface area contributed by atoms with Crippen molar-refractivity contribution in [3.8, 4) is 17.0 Å². The summed E-state index contributed by atoms with van der Waals surface area (Å²) in [5, 5.41) is 10.5. The van der Waals surface area contributed by atoms with Gasteiger partial charge in [-0.15, -0.1) is 0 Å².